The zero-order valence-corrected chi connectivity index (χ0v) is 12.4. The minimum absolute atomic E-state index is 0.00508. The first-order valence-electron chi connectivity index (χ1n) is 6.28. The highest BCUT2D eigenvalue weighted by atomic mass is 35.5. The monoisotopic (exact) mass is 307 g/mol. The van der Waals surface area contributed by atoms with Crippen molar-refractivity contribution >= 4 is 21.6 Å². The first-order chi connectivity index (χ1) is 8.98. The van der Waals surface area contributed by atoms with Crippen LogP contribution >= 0.6 is 11.6 Å². The van der Waals surface area contributed by atoms with Gasteiger partial charge in [0, 0.05) is 19.6 Å². The van der Waals surface area contributed by atoms with Gasteiger partial charge < -0.3 is 5.11 Å². The smallest absolute Gasteiger partial charge is 0.262 e. The fourth-order valence-electron chi connectivity index (χ4n) is 2.59. The van der Waals surface area contributed by atoms with Crippen LogP contribution in [-0.4, -0.2) is 46.8 Å². The van der Waals surface area contributed by atoms with E-state index in [2.05, 4.69) is 5.10 Å². The van der Waals surface area contributed by atoms with Gasteiger partial charge in [-0.15, -0.1) is 0 Å². The summed E-state index contributed by atoms with van der Waals surface area (Å²) in [5.74, 6) is 0. The Labute approximate surface area is 118 Å². The van der Waals surface area contributed by atoms with Gasteiger partial charge in [-0.3, -0.25) is 4.68 Å². The molecule has 0 atom stereocenters. The van der Waals surface area contributed by atoms with Crippen LogP contribution in [0.1, 0.15) is 25.7 Å². The predicted molar refractivity (Wildman–Crippen MR) is 71.5 cm³/mol. The number of aromatic nitrogens is 2. The molecule has 2 rings (SSSR count). The van der Waals surface area contributed by atoms with Gasteiger partial charge in [-0.05, 0) is 12.8 Å². The standard InChI is InChI=1S/C11H18ClN3O3S/c1-14-11(10(12)8-13-14)19(17,18)15(6-7-16)9-4-2-3-5-9/h8-9,16H,2-7H2,1H3. The van der Waals surface area contributed by atoms with Crippen LogP contribution in [0.5, 0.6) is 0 Å². The lowest BCUT2D eigenvalue weighted by Gasteiger charge is -2.27. The molecule has 6 nitrogen and oxygen atoms in total. The number of hydrogen-bond acceptors (Lipinski definition) is 4. The zero-order valence-electron chi connectivity index (χ0n) is 10.8. The van der Waals surface area contributed by atoms with E-state index in [9.17, 15) is 8.42 Å². The fourth-order valence-corrected chi connectivity index (χ4v) is 4.88. The van der Waals surface area contributed by atoms with Crippen LogP contribution in [0.4, 0.5) is 0 Å². The number of hydrogen-bond donors (Lipinski definition) is 1. The van der Waals surface area contributed by atoms with Crippen molar-refractivity contribution in [3.05, 3.63) is 11.2 Å². The van der Waals surface area contributed by atoms with Crippen molar-refractivity contribution in [3.8, 4) is 0 Å². The molecule has 0 spiro atoms. The highest BCUT2D eigenvalue weighted by Crippen LogP contribution is 2.30. The minimum Gasteiger partial charge on any atom is -0.395 e. The van der Waals surface area contributed by atoms with E-state index < -0.39 is 10.0 Å². The highest BCUT2D eigenvalue weighted by Gasteiger charge is 2.36. The molecule has 1 aliphatic rings. The van der Waals surface area contributed by atoms with Crippen molar-refractivity contribution in [2.24, 2.45) is 7.05 Å². The van der Waals surface area contributed by atoms with Crippen LogP contribution in [-0.2, 0) is 17.1 Å². The van der Waals surface area contributed by atoms with E-state index in [1.807, 2.05) is 0 Å². The molecule has 1 aliphatic carbocycles. The zero-order chi connectivity index (χ0) is 14.0. The maximum Gasteiger partial charge on any atom is 0.262 e. The summed E-state index contributed by atoms with van der Waals surface area (Å²) in [5, 5.41) is 13.1. The fraction of sp³-hybridized carbons (Fsp3) is 0.727. The Morgan fingerprint density at radius 3 is 2.63 bits per heavy atom. The molecule has 0 aromatic carbocycles. The van der Waals surface area contributed by atoms with Crippen LogP contribution < -0.4 is 0 Å². The van der Waals surface area contributed by atoms with Crippen molar-refractivity contribution < 1.29 is 13.5 Å². The van der Waals surface area contributed by atoms with Gasteiger partial charge in [-0.1, -0.05) is 24.4 Å². The molecule has 1 fully saturated rings. The Morgan fingerprint density at radius 2 is 2.16 bits per heavy atom. The molecular formula is C11H18ClN3O3S. The third-order valence-corrected chi connectivity index (χ3v) is 5.91. The number of aryl methyl sites for hydroxylation is 1. The van der Waals surface area contributed by atoms with Crippen molar-refractivity contribution in [3.63, 3.8) is 0 Å². The van der Waals surface area contributed by atoms with Crippen molar-refractivity contribution in [2.75, 3.05) is 13.2 Å². The van der Waals surface area contributed by atoms with Crippen LogP contribution in [0.2, 0.25) is 5.02 Å². The third kappa shape index (κ3) is 2.79. The summed E-state index contributed by atoms with van der Waals surface area (Å²) in [6.07, 6.45) is 5.01. The lowest BCUT2D eigenvalue weighted by Crippen LogP contribution is -2.41. The molecule has 1 aromatic rings. The van der Waals surface area contributed by atoms with Gasteiger partial charge >= 0.3 is 0 Å². The molecule has 0 radical (unpaired) electrons. The van der Waals surface area contributed by atoms with E-state index in [-0.39, 0.29) is 29.2 Å². The quantitative estimate of drug-likeness (QED) is 0.880. The minimum atomic E-state index is -3.72. The number of aliphatic hydroxyl groups excluding tert-OH is 1. The second-order valence-electron chi connectivity index (χ2n) is 4.70. The van der Waals surface area contributed by atoms with Crippen LogP contribution in [0.15, 0.2) is 11.2 Å². The van der Waals surface area contributed by atoms with Gasteiger partial charge in [0.1, 0.15) is 0 Å². The number of aliphatic hydroxyl groups is 1. The Morgan fingerprint density at radius 1 is 1.53 bits per heavy atom. The van der Waals surface area contributed by atoms with Gasteiger partial charge in [0.15, 0.2) is 5.03 Å². The third-order valence-electron chi connectivity index (χ3n) is 3.45. The number of nitrogens with zero attached hydrogens (tertiary/aromatic N) is 3. The Hall–Kier alpha value is -0.630. The molecule has 1 heterocycles. The molecule has 0 aliphatic heterocycles. The Kier molecular flexibility index (Phi) is 4.50. The molecule has 8 heteroatoms. The topological polar surface area (TPSA) is 75.4 Å². The predicted octanol–water partition coefficient (Wildman–Crippen LogP) is 0.999. The average Bonchev–Trinajstić information content (AvgIpc) is 2.96. The van der Waals surface area contributed by atoms with Crippen molar-refractivity contribution in [1.82, 2.24) is 14.1 Å². The van der Waals surface area contributed by atoms with Crippen LogP contribution in [0, 0.1) is 0 Å². The molecule has 1 N–H and O–H groups in total. The van der Waals surface area contributed by atoms with Crippen LogP contribution in [0.25, 0.3) is 0 Å². The summed E-state index contributed by atoms with van der Waals surface area (Å²) < 4.78 is 28.0. The van der Waals surface area contributed by atoms with E-state index >= 15 is 0 Å². The normalized spacial score (nSPS) is 17.5. The summed E-state index contributed by atoms with van der Waals surface area (Å²) in [6, 6.07) is -0.0527. The molecule has 0 bridgehead atoms. The molecule has 1 aromatic heterocycles. The average molecular weight is 308 g/mol. The summed E-state index contributed by atoms with van der Waals surface area (Å²) in [7, 11) is -2.18. The van der Waals surface area contributed by atoms with Crippen LogP contribution in [0.3, 0.4) is 0 Å². The van der Waals surface area contributed by atoms with Gasteiger partial charge in [0.05, 0.1) is 17.8 Å². The lowest BCUT2D eigenvalue weighted by atomic mass is 10.2. The largest absolute Gasteiger partial charge is 0.395 e. The Bertz CT molecular complexity index is 518. The summed E-state index contributed by atoms with van der Waals surface area (Å²) in [6.45, 7) is -0.111. The van der Waals surface area contributed by atoms with Gasteiger partial charge in [-0.25, -0.2) is 8.42 Å². The molecular weight excluding hydrogens is 290 g/mol. The molecule has 0 amide bonds. The first kappa shape index (κ1) is 14.8. The van der Waals surface area contributed by atoms with Crippen molar-refractivity contribution in [2.45, 2.75) is 36.8 Å². The first-order valence-corrected chi connectivity index (χ1v) is 8.10. The Balaban J connectivity index is 2.39. The number of halogens is 1. The summed E-state index contributed by atoms with van der Waals surface area (Å²) in [5.41, 5.74) is 0. The highest BCUT2D eigenvalue weighted by molar-refractivity contribution is 7.89. The maximum atomic E-state index is 12.7. The SMILES string of the molecule is Cn1ncc(Cl)c1S(=O)(=O)N(CCO)C1CCCC1. The molecule has 0 saturated heterocycles. The van der Waals surface area contributed by atoms with E-state index in [4.69, 9.17) is 16.7 Å². The second kappa shape index (κ2) is 5.78. The van der Waals surface area contributed by atoms with Gasteiger partial charge in [0.25, 0.3) is 10.0 Å². The van der Waals surface area contributed by atoms with Crippen molar-refractivity contribution in [1.29, 1.82) is 0 Å². The molecule has 1 saturated carbocycles. The second-order valence-corrected chi connectivity index (χ2v) is 6.91. The molecule has 108 valence electrons. The summed E-state index contributed by atoms with van der Waals surface area (Å²) >= 11 is 5.93. The molecule has 19 heavy (non-hydrogen) atoms. The number of sulfonamides is 1. The maximum absolute atomic E-state index is 12.7. The van der Waals surface area contributed by atoms with E-state index in [1.165, 1.54) is 15.2 Å². The number of rotatable bonds is 5. The van der Waals surface area contributed by atoms with Gasteiger partial charge in [0.2, 0.25) is 0 Å². The van der Waals surface area contributed by atoms with E-state index in [0.29, 0.717) is 0 Å². The summed E-state index contributed by atoms with van der Waals surface area (Å²) in [4.78, 5) is 0. The molecule has 0 unspecified atom stereocenters. The van der Waals surface area contributed by atoms with E-state index in [0.717, 1.165) is 25.7 Å². The van der Waals surface area contributed by atoms with E-state index in [1.54, 1.807) is 7.05 Å². The van der Waals surface area contributed by atoms with Gasteiger partial charge in [-0.2, -0.15) is 9.40 Å². The lowest BCUT2D eigenvalue weighted by molar-refractivity contribution is 0.225.